The summed E-state index contributed by atoms with van der Waals surface area (Å²) in [5, 5.41) is 9.06. The van der Waals surface area contributed by atoms with Crippen LogP contribution in [0.1, 0.15) is 24.1 Å². The van der Waals surface area contributed by atoms with E-state index >= 15 is 0 Å². The van der Waals surface area contributed by atoms with Gasteiger partial charge < -0.3 is 10.3 Å². The number of hydrogen-bond donors (Lipinski definition) is 1. The van der Waals surface area contributed by atoms with Crippen LogP contribution in [0.4, 0.5) is 5.95 Å². The van der Waals surface area contributed by atoms with Crippen molar-refractivity contribution in [1.82, 2.24) is 9.55 Å². The molecule has 3 rings (SSSR count). The number of fused-ring (bicyclic) bond motifs is 1. The van der Waals surface area contributed by atoms with Crippen molar-refractivity contribution in [3.8, 4) is 6.07 Å². The Morgan fingerprint density at radius 3 is 2.62 bits per heavy atom. The van der Waals surface area contributed by atoms with Crippen molar-refractivity contribution < 1.29 is 0 Å². The van der Waals surface area contributed by atoms with Crippen molar-refractivity contribution >= 4 is 32.9 Å². The molecule has 2 N–H and O–H groups in total. The van der Waals surface area contributed by atoms with Gasteiger partial charge in [-0.2, -0.15) is 5.26 Å². The molecule has 2 aromatic carbocycles. The Kier molecular flexibility index (Phi) is 3.40. The van der Waals surface area contributed by atoms with E-state index in [4.69, 9.17) is 11.0 Å². The molecule has 5 heteroatoms. The second-order valence-corrected chi connectivity index (χ2v) is 5.80. The van der Waals surface area contributed by atoms with E-state index in [9.17, 15) is 0 Å². The number of nitrogens with two attached hydrogens (primary N) is 1. The SMILES string of the molecule is CC(c1ccc(Br)cc1)n1c(N)nc2ccc(C#N)cc21. The lowest BCUT2D eigenvalue weighted by atomic mass is 10.1. The molecule has 0 radical (unpaired) electrons. The number of anilines is 1. The number of aromatic nitrogens is 2. The van der Waals surface area contributed by atoms with E-state index in [1.165, 1.54) is 0 Å². The molecule has 0 amide bonds. The largest absolute Gasteiger partial charge is 0.369 e. The first-order valence-corrected chi connectivity index (χ1v) is 7.32. The molecule has 0 aliphatic rings. The van der Waals surface area contributed by atoms with Gasteiger partial charge in [0.15, 0.2) is 0 Å². The molecule has 0 aliphatic heterocycles. The van der Waals surface area contributed by atoms with Crippen molar-refractivity contribution in [2.45, 2.75) is 13.0 Å². The van der Waals surface area contributed by atoms with E-state index in [2.05, 4.69) is 33.9 Å². The van der Waals surface area contributed by atoms with Gasteiger partial charge in [-0.1, -0.05) is 28.1 Å². The maximum absolute atomic E-state index is 9.06. The maximum Gasteiger partial charge on any atom is 0.201 e. The number of rotatable bonds is 2. The van der Waals surface area contributed by atoms with Crippen LogP contribution < -0.4 is 5.73 Å². The molecule has 3 aromatic rings. The Morgan fingerprint density at radius 1 is 1.24 bits per heavy atom. The predicted molar refractivity (Wildman–Crippen MR) is 86.8 cm³/mol. The van der Waals surface area contributed by atoms with Crippen LogP contribution in [0.5, 0.6) is 0 Å². The summed E-state index contributed by atoms with van der Waals surface area (Å²) < 4.78 is 2.99. The molecule has 1 heterocycles. The van der Waals surface area contributed by atoms with Crippen LogP contribution in [-0.2, 0) is 0 Å². The Bertz CT molecular complexity index is 843. The van der Waals surface area contributed by atoms with E-state index < -0.39 is 0 Å². The molecule has 0 saturated heterocycles. The molecular weight excluding hydrogens is 328 g/mol. The lowest BCUT2D eigenvalue weighted by molar-refractivity contribution is 0.667. The fraction of sp³-hybridized carbons (Fsp3) is 0.125. The molecule has 104 valence electrons. The summed E-state index contributed by atoms with van der Waals surface area (Å²) in [5.41, 5.74) is 9.49. The van der Waals surface area contributed by atoms with Gasteiger partial charge in [0.2, 0.25) is 5.95 Å². The fourth-order valence-electron chi connectivity index (χ4n) is 2.48. The van der Waals surface area contributed by atoms with Gasteiger partial charge in [0.05, 0.1) is 28.7 Å². The highest BCUT2D eigenvalue weighted by molar-refractivity contribution is 9.10. The lowest BCUT2D eigenvalue weighted by Crippen LogP contribution is -2.10. The van der Waals surface area contributed by atoms with E-state index in [1.807, 2.05) is 41.0 Å². The van der Waals surface area contributed by atoms with E-state index in [0.717, 1.165) is 21.1 Å². The summed E-state index contributed by atoms with van der Waals surface area (Å²) in [6.45, 7) is 2.07. The third kappa shape index (κ3) is 2.39. The zero-order valence-corrected chi connectivity index (χ0v) is 13.0. The first-order valence-electron chi connectivity index (χ1n) is 6.53. The van der Waals surface area contributed by atoms with Crippen molar-refractivity contribution in [2.24, 2.45) is 0 Å². The zero-order chi connectivity index (χ0) is 15.0. The van der Waals surface area contributed by atoms with Crippen LogP contribution in [-0.4, -0.2) is 9.55 Å². The average Bonchev–Trinajstić information content (AvgIpc) is 2.82. The molecular formula is C16H13BrN4. The first kappa shape index (κ1) is 13.7. The average molecular weight is 341 g/mol. The van der Waals surface area contributed by atoms with Gasteiger partial charge in [-0.05, 0) is 42.8 Å². The highest BCUT2D eigenvalue weighted by atomic mass is 79.9. The number of benzene rings is 2. The fourth-order valence-corrected chi connectivity index (χ4v) is 2.74. The van der Waals surface area contributed by atoms with E-state index in [-0.39, 0.29) is 6.04 Å². The first-order chi connectivity index (χ1) is 10.1. The van der Waals surface area contributed by atoms with E-state index in [1.54, 1.807) is 6.07 Å². The monoisotopic (exact) mass is 340 g/mol. The second-order valence-electron chi connectivity index (χ2n) is 4.88. The third-order valence-corrected chi connectivity index (χ3v) is 4.11. The molecule has 0 fully saturated rings. The number of imidazole rings is 1. The molecule has 1 aromatic heterocycles. The van der Waals surface area contributed by atoms with Crippen molar-refractivity contribution in [2.75, 3.05) is 5.73 Å². The summed E-state index contributed by atoms with van der Waals surface area (Å²) in [4.78, 5) is 4.37. The minimum atomic E-state index is 0.0389. The predicted octanol–water partition coefficient (Wildman–Crippen LogP) is 3.86. The quantitative estimate of drug-likeness (QED) is 0.770. The topological polar surface area (TPSA) is 67.6 Å². The summed E-state index contributed by atoms with van der Waals surface area (Å²) in [6, 6.07) is 15.7. The molecule has 1 unspecified atom stereocenters. The Labute approximate surface area is 131 Å². The van der Waals surface area contributed by atoms with Gasteiger partial charge in [-0.25, -0.2) is 4.98 Å². The normalized spacial score (nSPS) is 12.2. The molecule has 21 heavy (non-hydrogen) atoms. The molecule has 0 aliphatic carbocycles. The minimum absolute atomic E-state index is 0.0389. The van der Waals surface area contributed by atoms with Gasteiger partial charge in [0.25, 0.3) is 0 Å². The van der Waals surface area contributed by atoms with Gasteiger partial charge in [-0.3, -0.25) is 0 Å². The smallest absolute Gasteiger partial charge is 0.201 e. The van der Waals surface area contributed by atoms with Crippen LogP contribution in [0.3, 0.4) is 0 Å². The summed E-state index contributed by atoms with van der Waals surface area (Å²) >= 11 is 3.44. The Morgan fingerprint density at radius 2 is 1.95 bits per heavy atom. The van der Waals surface area contributed by atoms with Crippen LogP contribution in [0, 0.1) is 11.3 Å². The third-order valence-electron chi connectivity index (χ3n) is 3.59. The molecule has 1 atom stereocenters. The lowest BCUT2D eigenvalue weighted by Gasteiger charge is -2.16. The highest BCUT2D eigenvalue weighted by Crippen LogP contribution is 2.28. The van der Waals surface area contributed by atoms with Gasteiger partial charge in [-0.15, -0.1) is 0 Å². The number of nitriles is 1. The number of nitrogen functional groups attached to an aromatic ring is 1. The number of nitrogens with zero attached hydrogens (tertiary/aromatic N) is 3. The van der Waals surface area contributed by atoms with Gasteiger partial charge in [0.1, 0.15) is 0 Å². The summed E-state index contributed by atoms with van der Waals surface area (Å²) in [6.07, 6.45) is 0. The van der Waals surface area contributed by atoms with Crippen LogP contribution >= 0.6 is 15.9 Å². The second kappa shape index (κ2) is 5.23. The van der Waals surface area contributed by atoms with E-state index in [0.29, 0.717) is 11.5 Å². The highest BCUT2D eigenvalue weighted by Gasteiger charge is 2.16. The Hall–Kier alpha value is -2.32. The number of hydrogen-bond acceptors (Lipinski definition) is 3. The van der Waals surface area contributed by atoms with Crippen molar-refractivity contribution in [1.29, 1.82) is 5.26 Å². The zero-order valence-electron chi connectivity index (χ0n) is 11.4. The van der Waals surface area contributed by atoms with Crippen molar-refractivity contribution in [3.63, 3.8) is 0 Å². The van der Waals surface area contributed by atoms with Crippen molar-refractivity contribution in [3.05, 3.63) is 58.1 Å². The van der Waals surface area contributed by atoms with Gasteiger partial charge >= 0.3 is 0 Å². The molecule has 0 bridgehead atoms. The minimum Gasteiger partial charge on any atom is -0.369 e. The molecule has 4 nitrogen and oxygen atoms in total. The van der Waals surface area contributed by atoms with Crippen LogP contribution in [0.15, 0.2) is 46.9 Å². The molecule has 0 spiro atoms. The summed E-state index contributed by atoms with van der Waals surface area (Å²) in [5.74, 6) is 0.454. The molecule has 0 saturated carbocycles. The standard InChI is InChI=1S/C16H13BrN4/c1-10(12-3-5-13(17)6-4-12)21-15-8-11(9-18)2-7-14(15)20-16(21)19/h2-8,10H,1H3,(H2,19,20). The number of halogens is 1. The van der Waals surface area contributed by atoms with Crippen LogP contribution in [0.2, 0.25) is 0 Å². The maximum atomic E-state index is 9.06. The van der Waals surface area contributed by atoms with Crippen LogP contribution in [0.25, 0.3) is 11.0 Å². The van der Waals surface area contributed by atoms with Gasteiger partial charge in [0, 0.05) is 4.47 Å². The Balaban J connectivity index is 2.16. The summed E-state index contributed by atoms with van der Waals surface area (Å²) in [7, 11) is 0.